The first-order valence-electron chi connectivity index (χ1n) is 5.42. The zero-order chi connectivity index (χ0) is 13.9. The summed E-state index contributed by atoms with van der Waals surface area (Å²) in [5, 5.41) is 8.28. The average molecular weight is 287 g/mol. The molecule has 0 spiro atoms. The highest BCUT2D eigenvalue weighted by Crippen LogP contribution is 2.24. The zero-order valence-electron chi connectivity index (χ0n) is 10.5. The molecule has 1 aromatic rings. The molecule has 1 rings (SSSR count). The minimum atomic E-state index is -3.61. The van der Waals surface area contributed by atoms with Gasteiger partial charge in [0, 0.05) is 18.1 Å². The SMILES string of the molecule is CC(c1ccc(Cl)cc1)N(C)S(=O)(=O)C(C)C#N. The van der Waals surface area contributed by atoms with E-state index in [0.717, 1.165) is 5.56 Å². The van der Waals surface area contributed by atoms with E-state index in [1.165, 1.54) is 18.3 Å². The Hall–Kier alpha value is -1.09. The van der Waals surface area contributed by atoms with Crippen LogP contribution in [0, 0.1) is 11.3 Å². The molecule has 0 saturated carbocycles. The summed E-state index contributed by atoms with van der Waals surface area (Å²) in [6.07, 6.45) is 0. The Labute approximate surface area is 113 Å². The standard InChI is InChI=1S/C12H15ClN2O2S/c1-9(8-14)18(16,17)15(3)10(2)11-4-6-12(13)7-5-11/h4-7,9-10H,1-3H3. The zero-order valence-corrected chi connectivity index (χ0v) is 12.0. The summed E-state index contributed by atoms with van der Waals surface area (Å²) >= 11 is 5.78. The normalized spacial score (nSPS) is 15.1. The molecule has 4 nitrogen and oxygen atoms in total. The monoisotopic (exact) mass is 286 g/mol. The highest BCUT2D eigenvalue weighted by molar-refractivity contribution is 7.89. The largest absolute Gasteiger partial charge is 0.230 e. The van der Waals surface area contributed by atoms with Crippen molar-refractivity contribution in [1.29, 1.82) is 5.26 Å². The van der Waals surface area contributed by atoms with Gasteiger partial charge in [-0.2, -0.15) is 9.57 Å². The lowest BCUT2D eigenvalue weighted by molar-refractivity contribution is 0.396. The third kappa shape index (κ3) is 3.02. The molecule has 0 aliphatic heterocycles. The van der Waals surface area contributed by atoms with Crippen LogP contribution in [0.25, 0.3) is 0 Å². The molecular weight excluding hydrogens is 272 g/mol. The van der Waals surface area contributed by atoms with Crippen LogP contribution < -0.4 is 0 Å². The van der Waals surface area contributed by atoms with E-state index in [9.17, 15) is 8.42 Å². The van der Waals surface area contributed by atoms with Crippen molar-refractivity contribution in [3.8, 4) is 6.07 Å². The first-order valence-corrected chi connectivity index (χ1v) is 7.30. The molecule has 98 valence electrons. The smallest absolute Gasteiger partial charge is 0.211 e. The number of halogens is 1. The second-order valence-electron chi connectivity index (χ2n) is 4.06. The third-order valence-corrected chi connectivity index (χ3v) is 5.30. The molecule has 18 heavy (non-hydrogen) atoms. The van der Waals surface area contributed by atoms with Gasteiger partial charge in [0.25, 0.3) is 0 Å². The Morgan fingerprint density at radius 1 is 1.28 bits per heavy atom. The maximum Gasteiger partial charge on any atom is 0.230 e. The fourth-order valence-electron chi connectivity index (χ4n) is 1.49. The molecule has 0 aromatic heterocycles. The van der Waals surface area contributed by atoms with Gasteiger partial charge in [-0.3, -0.25) is 0 Å². The third-order valence-electron chi connectivity index (χ3n) is 2.93. The van der Waals surface area contributed by atoms with Crippen molar-refractivity contribution in [2.24, 2.45) is 0 Å². The summed E-state index contributed by atoms with van der Waals surface area (Å²) in [5.74, 6) is 0. The molecule has 1 aromatic carbocycles. The van der Waals surface area contributed by atoms with Crippen molar-refractivity contribution >= 4 is 21.6 Å². The molecule has 0 saturated heterocycles. The summed E-state index contributed by atoms with van der Waals surface area (Å²) in [5.41, 5.74) is 0.829. The fraction of sp³-hybridized carbons (Fsp3) is 0.417. The minimum absolute atomic E-state index is 0.344. The van der Waals surface area contributed by atoms with Gasteiger partial charge in [-0.15, -0.1) is 0 Å². The molecule has 2 unspecified atom stereocenters. The second-order valence-corrected chi connectivity index (χ2v) is 6.81. The van der Waals surface area contributed by atoms with Crippen molar-refractivity contribution in [1.82, 2.24) is 4.31 Å². The number of nitrogens with zero attached hydrogens (tertiary/aromatic N) is 2. The first kappa shape index (κ1) is 15.0. The van der Waals surface area contributed by atoms with E-state index >= 15 is 0 Å². The van der Waals surface area contributed by atoms with Gasteiger partial charge in [0.2, 0.25) is 10.0 Å². The van der Waals surface area contributed by atoms with Gasteiger partial charge in [0.05, 0.1) is 6.07 Å². The average Bonchev–Trinajstić information content (AvgIpc) is 2.36. The maximum atomic E-state index is 12.0. The van der Waals surface area contributed by atoms with Gasteiger partial charge < -0.3 is 0 Å². The van der Waals surface area contributed by atoms with Crippen LogP contribution in [0.2, 0.25) is 5.02 Å². The van der Waals surface area contributed by atoms with Crippen LogP contribution >= 0.6 is 11.6 Å². The fourth-order valence-corrected chi connectivity index (χ4v) is 2.81. The lowest BCUT2D eigenvalue weighted by Gasteiger charge is -2.25. The van der Waals surface area contributed by atoms with Gasteiger partial charge in [-0.1, -0.05) is 23.7 Å². The Balaban J connectivity index is 3.01. The van der Waals surface area contributed by atoms with Crippen LogP contribution in [-0.4, -0.2) is 25.0 Å². The molecule has 6 heteroatoms. The highest BCUT2D eigenvalue weighted by Gasteiger charge is 2.29. The van der Waals surface area contributed by atoms with E-state index in [-0.39, 0.29) is 6.04 Å². The second kappa shape index (κ2) is 5.70. The van der Waals surface area contributed by atoms with Crippen molar-refractivity contribution in [3.63, 3.8) is 0 Å². The number of sulfonamides is 1. The van der Waals surface area contributed by atoms with E-state index in [1.54, 1.807) is 37.3 Å². The molecule has 0 fully saturated rings. The van der Waals surface area contributed by atoms with E-state index in [2.05, 4.69) is 0 Å². The minimum Gasteiger partial charge on any atom is -0.211 e. The van der Waals surface area contributed by atoms with E-state index < -0.39 is 15.3 Å². The quantitative estimate of drug-likeness (QED) is 0.855. The topological polar surface area (TPSA) is 61.2 Å². The molecule has 0 N–H and O–H groups in total. The van der Waals surface area contributed by atoms with E-state index in [0.29, 0.717) is 5.02 Å². The molecule has 0 bridgehead atoms. The van der Waals surface area contributed by atoms with Gasteiger partial charge in [0.15, 0.2) is 5.25 Å². The maximum absolute atomic E-state index is 12.0. The van der Waals surface area contributed by atoms with Crippen LogP contribution in [0.1, 0.15) is 25.5 Å². The molecule has 0 aliphatic rings. The Bertz CT molecular complexity index is 548. The van der Waals surface area contributed by atoms with Crippen molar-refractivity contribution in [3.05, 3.63) is 34.9 Å². The van der Waals surface area contributed by atoms with Gasteiger partial charge in [0.1, 0.15) is 0 Å². The summed E-state index contributed by atoms with van der Waals surface area (Å²) in [6.45, 7) is 3.14. The predicted octanol–water partition coefficient (Wildman–Crippen LogP) is 2.57. The van der Waals surface area contributed by atoms with Crippen molar-refractivity contribution < 1.29 is 8.42 Å². The number of rotatable bonds is 4. The Morgan fingerprint density at radius 3 is 2.22 bits per heavy atom. The molecule has 2 atom stereocenters. The van der Waals surface area contributed by atoms with Gasteiger partial charge in [-0.05, 0) is 31.5 Å². The Morgan fingerprint density at radius 2 is 1.78 bits per heavy atom. The van der Waals surface area contributed by atoms with Gasteiger partial charge in [-0.25, -0.2) is 8.42 Å². The summed E-state index contributed by atoms with van der Waals surface area (Å²) < 4.78 is 25.3. The lowest BCUT2D eigenvalue weighted by Crippen LogP contribution is -2.35. The summed E-state index contributed by atoms with van der Waals surface area (Å²) in [7, 11) is -2.13. The molecular formula is C12H15ClN2O2S. The highest BCUT2D eigenvalue weighted by atomic mass is 35.5. The number of hydrogen-bond donors (Lipinski definition) is 0. The molecule has 0 aliphatic carbocycles. The van der Waals surface area contributed by atoms with E-state index in [4.69, 9.17) is 16.9 Å². The van der Waals surface area contributed by atoms with Crippen LogP contribution in [0.15, 0.2) is 24.3 Å². The molecule has 0 radical (unpaired) electrons. The van der Waals surface area contributed by atoms with Crippen molar-refractivity contribution in [2.75, 3.05) is 7.05 Å². The molecule has 0 heterocycles. The van der Waals surface area contributed by atoms with Gasteiger partial charge >= 0.3 is 0 Å². The summed E-state index contributed by atoms with van der Waals surface area (Å²) in [6, 6.07) is 8.37. The number of nitriles is 1. The van der Waals surface area contributed by atoms with Crippen LogP contribution in [0.5, 0.6) is 0 Å². The first-order chi connectivity index (χ1) is 8.30. The van der Waals surface area contributed by atoms with Crippen LogP contribution in [-0.2, 0) is 10.0 Å². The summed E-state index contributed by atoms with van der Waals surface area (Å²) in [4.78, 5) is 0. The van der Waals surface area contributed by atoms with Crippen LogP contribution in [0.4, 0.5) is 0 Å². The van der Waals surface area contributed by atoms with E-state index in [1.807, 2.05) is 0 Å². The number of benzene rings is 1. The Kier molecular flexibility index (Phi) is 4.74. The molecule has 0 amide bonds. The predicted molar refractivity (Wildman–Crippen MR) is 71.6 cm³/mol. The van der Waals surface area contributed by atoms with Crippen LogP contribution in [0.3, 0.4) is 0 Å². The van der Waals surface area contributed by atoms with Crippen molar-refractivity contribution in [2.45, 2.75) is 25.1 Å². The lowest BCUT2D eigenvalue weighted by atomic mass is 10.1. The number of hydrogen-bond acceptors (Lipinski definition) is 3.